The number of benzene rings is 4. The number of rotatable bonds is 4. The molecule has 0 atom stereocenters. The standard InChI is InChI=1S/C22H18O2/c23-22(24)11-5-7-16-14-21-17-8-2-1-6-15(17)12-13-20(21)19-10-4-3-9-18(16)19/h1-4,6,8-10,12-14H,5,7,11H2,(H,23,24). The molecule has 0 radical (unpaired) electrons. The second kappa shape index (κ2) is 5.97. The summed E-state index contributed by atoms with van der Waals surface area (Å²) in [6.45, 7) is 0. The van der Waals surface area contributed by atoms with Gasteiger partial charge in [0.2, 0.25) is 0 Å². The number of hydrogen-bond acceptors (Lipinski definition) is 1. The zero-order chi connectivity index (χ0) is 16.5. The number of carbonyl (C=O) groups is 1. The minimum absolute atomic E-state index is 0.210. The Kier molecular flexibility index (Phi) is 3.66. The SMILES string of the molecule is O=C(O)CCCc1cc2c3ccccc3ccc2c2ccccc12. The average molecular weight is 314 g/mol. The zero-order valence-corrected chi connectivity index (χ0v) is 13.3. The summed E-state index contributed by atoms with van der Waals surface area (Å²) in [6.07, 6.45) is 1.66. The van der Waals surface area contributed by atoms with Crippen LogP contribution < -0.4 is 0 Å². The van der Waals surface area contributed by atoms with Gasteiger partial charge in [-0.3, -0.25) is 4.79 Å². The summed E-state index contributed by atoms with van der Waals surface area (Å²) in [5.74, 6) is -0.731. The summed E-state index contributed by atoms with van der Waals surface area (Å²) in [6, 6.07) is 23.5. The Hall–Kier alpha value is -2.87. The number of aliphatic carboxylic acids is 1. The van der Waals surface area contributed by atoms with Gasteiger partial charge in [-0.2, -0.15) is 0 Å². The fraction of sp³-hybridized carbons (Fsp3) is 0.136. The Balaban J connectivity index is 1.98. The van der Waals surface area contributed by atoms with Crippen molar-refractivity contribution >= 4 is 38.3 Å². The van der Waals surface area contributed by atoms with Crippen LogP contribution in [-0.4, -0.2) is 11.1 Å². The molecule has 0 unspecified atom stereocenters. The number of aryl methyl sites for hydroxylation is 1. The van der Waals surface area contributed by atoms with Crippen LogP contribution in [0.4, 0.5) is 0 Å². The van der Waals surface area contributed by atoms with Gasteiger partial charge in [-0.05, 0) is 56.8 Å². The van der Waals surface area contributed by atoms with E-state index in [-0.39, 0.29) is 6.42 Å². The number of hydrogen-bond donors (Lipinski definition) is 1. The zero-order valence-electron chi connectivity index (χ0n) is 13.3. The third-order valence-corrected chi connectivity index (χ3v) is 4.69. The number of fused-ring (bicyclic) bond motifs is 5. The van der Waals surface area contributed by atoms with Gasteiger partial charge in [0.1, 0.15) is 0 Å². The first-order valence-corrected chi connectivity index (χ1v) is 8.28. The lowest BCUT2D eigenvalue weighted by Gasteiger charge is -2.12. The molecule has 0 saturated heterocycles. The summed E-state index contributed by atoms with van der Waals surface area (Å²) >= 11 is 0. The Morgan fingerprint density at radius 1 is 0.750 bits per heavy atom. The number of carboxylic acid groups (broad SMARTS) is 1. The van der Waals surface area contributed by atoms with Gasteiger partial charge in [-0.1, -0.05) is 60.7 Å². The van der Waals surface area contributed by atoms with Crippen LogP contribution in [0.2, 0.25) is 0 Å². The van der Waals surface area contributed by atoms with Gasteiger partial charge in [0.15, 0.2) is 0 Å². The quantitative estimate of drug-likeness (QED) is 0.501. The van der Waals surface area contributed by atoms with Crippen LogP contribution in [0.1, 0.15) is 18.4 Å². The first kappa shape index (κ1) is 14.7. The summed E-state index contributed by atoms with van der Waals surface area (Å²) in [5, 5.41) is 16.4. The highest BCUT2D eigenvalue weighted by molar-refractivity contribution is 6.18. The predicted molar refractivity (Wildman–Crippen MR) is 99.5 cm³/mol. The molecule has 0 aromatic heterocycles. The van der Waals surface area contributed by atoms with Crippen LogP contribution in [0.15, 0.2) is 66.7 Å². The summed E-state index contributed by atoms with van der Waals surface area (Å²) in [5.41, 5.74) is 1.23. The van der Waals surface area contributed by atoms with Crippen LogP contribution in [0.3, 0.4) is 0 Å². The Morgan fingerprint density at radius 2 is 1.42 bits per heavy atom. The van der Waals surface area contributed by atoms with Crippen molar-refractivity contribution in [3.8, 4) is 0 Å². The van der Waals surface area contributed by atoms with Crippen molar-refractivity contribution in [2.45, 2.75) is 19.3 Å². The second-order valence-corrected chi connectivity index (χ2v) is 6.21. The molecule has 4 rings (SSSR count). The lowest BCUT2D eigenvalue weighted by atomic mass is 9.92. The van der Waals surface area contributed by atoms with Crippen LogP contribution >= 0.6 is 0 Å². The molecule has 4 aromatic carbocycles. The van der Waals surface area contributed by atoms with Crippen molar-refractivity contribution in [1.29, 1.82) is 0 Å². The lowest BCUT2D eigenvalue weighted by Crippen LogP contribution is -1.97. The monoisotopic (exact) mass is 314 g/mol. The molecule has 0 fully saturated rings. The molecule has 0 heterocycles. The molecule has 0 aliphatic carbocycles. The van der Waals surface area contributed by atoms with Gasteiger partial charge < -0.3 is 5.11 Å². The first-order chi connectivity index (χ1) is 11.7. The topological polar surface area (TPSA) is 37.3 Å². The molecule has 0 saturated carbocycles. The Bertz CT molecular complexity index is 1060. The van der Waals surface area contributed by atoms with E-state index in [9.17, 15) is 4.79 Å². The Labute approximate surface area is 140 Å². The van der Waals surface area contributed by atoms with Crippen molar-refractivity contribution in [3.05, 3.63) is 72.3 Å². The molecule has 0 spiro atoms. The van der Waals surface area contributed by atoms with E-state index in [4.69, 9.17) is 5.11 Å². The predicted octanol–water partition coefficient (Wildman–Crippen LogP) is 5.55. The molecule has 1 N–H and O–H groups in total. The van der Waals surface area contributed by atoms with E-state index < -0.39 is 5.97 Å². The summed E-state index contributed by atoms with van der Waals surface area (Å²) in [7, 11) is 0. The summed E-state index contributed by atoms with van der Waals surface area (Å²) < 4.78 is 0. The molecule has 0 bridgehead atoms. The maximum Gasteiger partial charge on any atom is 0.303 e. The maximum absolute atomic E-state index is 10.8. The van der Waals surface area contributed by atoms with Crippen molar-refractivity contribution in [2.24, 2.45) is 0 Å². The van der Waals surface area contributed by atoms with Crippen molar-refractivity contribution in [3.63, 3.8) is 0 Å². The molecule has 0 amide bonds. The van der Waals surface area contributed by atoms with Gasteiger partial charge in [-0.15, -0.1) is 0 Å². The normalized spacial score (nSPS) is 11.3. The van der Waals surface area contributed by atoms with Gasteiger partial charge >= 0.3 is 5.97 Å². The van der Waals surface area contributed by atoms with Crippen molar-refractivity contribution in [2.75, 3.05) is 0 Å². The van der Waals surface area contributed by atoms with E-state index >= 15 is 0 Å². The van der Waals surface area contributed by atoms with Crippen LogP contribution in [0.25, 0.3) is 32.3 Å². The van der Waals surface area contributed by atoms with E-state index in [1.165, 1.54) is 37.9 Å². The highest BCUT2D eigenvalue weighted by Gasteiger charge is 2.09. The second-order valence-electron chi connectivity index (χ2n) is 6.21. The maximum atomic E-state index is 10.8. The summed E-state index contributed by atoms with van der Waals surface area (Å²) in [4.78, 5) is 10.8. The van der Waals surface area contributed by atoms with Crippen molar-refractivity contribution < 1.29 is 9.90 Å². The van der Waals surface area contributed by atoms with Gasteiger partial charge in [0, 0.05) is 6.42 Å². The van der Waals surface area contributed by atoms with Crippen molar-refractivity contribution in [1.82, 2.24) is 0 Å². The highest BCUT2D eigenvalue weighted by Crippen LogP contribution is 2.34. The van der Waals surface area contributed by atoms with E-state index in [1.807, 2.05) is 0 Å². The molecular weight excluding hydrogens is 296 g/mol. The Morgan fingerprint density at radius 3 is 2.21 bits per heavy atom. The van der Waals surface area contributed by atoms with E-state index in [0.29, 0.717) is 6.42 Å². The lowest BCUT2D eigenvalue weighted by molar-refractivity contribution is -0.137. The van der Waals surface area contributed by atoms with Crippen LogP contribution in [0.5, 0.6) is 0 Å². The first-order valence-electron chi connectivity index (χ1n) is 8.28. The highest BCUT2D eigenvalue weighted by atomic mass is 16.4. The molecule has 0 aliphatic rings. The molecule has 2 heteroatoms. The fourth-order valence-electron chi connectivity index (χ4n) is 3.57. The molecule has 0 aliphatic heterocycles. The molecule has 118 valence electrons. The van der Waals surface area contributed by atoms with Gasteiger partial charge in [0.05, 0.1) is 0 Å². The van der Waals surface area contributed by atoms with Crippen LogP contribution in [-0.2, 0) is 11.2 Å². The molecule has 24 heavy (non-hydrogen) atoms. The largest absolute Gasteiger partial charge is 0.481 e. The smallest absolute Gasteiger partial charge is 0.303 e. The van der Waals surface area contributed by atoms with E-state index in [1.54, 1.807) is 0 Å². The van der Waals surface area contributed by atoms with E-state index in [2.05, 4.69) is 66.7 Å². The third kappa shape index (κ3) is 2.50. The minimum atomic E-state index is -0.731. The number of carboxylic acids is 1. The van der Waals surface area contributed by atoms with E-state index in [0.717, 1.165) is 6.42 Å². The fourth-order valence-corrected chi connectivity index (χ4v) is 3.57. The average Bonchev–Trinajstić information content (AvgIpc) is 2.61. The van der Waals surface area contributed by atoms with Gasteiger partial charge in [-0.25, -0.2) is 0 Å². The molecule has 4 aromatic rings. The molecular formula is C22H18O2. The molecule has 2 nitrogen and oxygen atoms in total. The van der Waals surface area contributed by atoms with Crippen LogP contribution in [0, 0.1) is 0 Å². The third-order valence-electron chi connectivity index (χ3n) is 4.69. The van der Waals surface area contributed by atoms with Gasteiger partial charge in [0.25, 0.3) is 0 Å². The minimum Gasteiger partial charge on any atom is -0.481 e.